The number of hydrogen-bond acceptors (Lipinski definition) is 10. The van der Waals surface area contributed by atoms with Crippen LogP contribution in [0.25, 0.3) is 10.1 Å². The van der Waals surface area contributed by atoms with Gasteiger partial charge in [0.25, 0.3) is 11.8 Å². The number of thioether (sulfide) groups is 1. The lowest BCUT2D eigenvalue weighted by molar-refractivity contribution is -0.686. The van der Waals surface area contributed by atoms with Crippen LogP contribution in [-0.4, -0.2) is 63.4 Å². The van der Waals surface area contributed by atoms with Gasteiger partial charge in [-0.05, 0) is 11.4 Å². The smallest absolute Gasteiger partial charge is 0.353 e. The Bertz CT molecular complexity index is 1410. The molecule has 0 spiro atoms. The van der Waals surface area contributed by atoms with E-state index in [9.17, 15) is 19.5 Å². The van der Waals surface area contributed by atoms with Crippen LogP contribution < -0.4 is 15.6 Å². The number of allylic oxidation sites excluding steroid dienone is 1. The number of nitrogen functional groups attached to an aromatic ring is 1. The fourth-order valence-corrected chi connectivity index (χ4v) is 6.64. The van der Waals surface area contributed by atoms with Crippen molar-refractivity contribution in [3.05, 3.63) is 51.6 Å². The summed E-state index contributed by atoms with van der Waals surface area (Å²) in [5, 5.41) is 21.2. The molecule has 0 bridgehead atoms. The molecule has 2 aliphatic heterocycles. The summed E-state index contributed by atoms with van der Waals surface area (Å²) in [5.74, 6) is -1.91. The number of rotatable bonds is 7. The van der Waals surface area contributed by atoms with Crippen LogP contribution in [0.4, 0.5) is 5.13 Å². The molecule has 35 heavy (non-hydrogen) atoms. The van der Waals surface area contributed by atoms with E-state index in [1.165, 1.54) is 23.8 Å². The Labute approximate surface area is 210 Å². The summed E-state index contributed by atoms with van der Waals surface area (Å²) >= 11 is 4.11. The third kappa shape index (κ3) is 4.24. The lowest BCUT2D eigenvalue weighted by atomic mass is 9.94. The number of pyridine rings is 1. The summed E-state index contributed by atoms with van der Waals surface area (Å²) < 4.78 is 2.99. The number of thiophene rings is 1. The number of nitrogens with two attached hydrogens (primary N) is 1. The lowest BCUT2D eigenvalue weighted by Gasteiger charge is -2.49. The molecule has 5 heterocycles. The summed E-state index contributed by atoms with van der Waals surface area (Å²) in [4.78, 5) is 48.7. The largest absolute Gasteiger partial charge is 0.477 e. The second-order valence-corrected chi connectivity index (χ2v) is 10.6. The summed E-state index contributed by atoms with van der Waals surface area (Å²) in [6.45, 7) is 0.323. The Balaban J connectivity index is 1.36. The number of aromatic nitrogens is 2. The monoisotopic (exact) mass is 531 g/mol. The van der Waals surface area contributed by atoms with Crippen molar-refractivity contribution in [2.24, 2.45) is 5.16 Å². The highest BCUT2D eigenvalue weighted by molar-refractivity contribution is 8.03. The number of carbonyl (C=O) groups excluding carboxylic acids is 2. The highest BCUT2D eigenvalue weighted by Gasteiger charge is 2.54. The number of nitrogens with zero attached hydrogens (tertiary/aromatic N) is 4. The van der Waals surface area contributed by atoms with Crippen molar-refractivity contribution in [3.8, 4) is 0 Å². The van der Waals surface area contributed by atoms with Crippen LogP contribution in [0.1, 0.15) is 5.69 Å². The zero-order valence-corrected chi connectivity index (χ0v) is 20.7. The van der Waals surface area contributed by atoms with Crippen LogP contribution >= 0.6 is 34.4 Å². The number of aliphatic carboxylic acids is 1. The molecule has 14 heteroatoms. The lowest BCUT2D eigenvalue weighted by Crippen LogP contribution is -2.73. The molecule has 0 aromatic carbocycles. The molecule has 0 saturated carbocycles. The first kappa shape index (κ1) is 23.3. The number of carboxylic acids is 1. The van der Waals surface area contributed by atoms with Crippen molar-refractivity contribution in [1.29, 1.82) is 0 Å². The minimum Gasteiger partial charge on any atom is -0.477 e. The Morgan fingerprint density at radius 3 is 2.94 bits per heavy atom. The predicted molar refractivity (Wildman–Crippen MR) is 132 cm³/mol. The maximum atomic E-state index is 13.0. The Morgan fingerprint density at radius 1 is 1.40 bits per heavy atom. The van der Waals surface area contributed by atoms with E-state index in [1.807, 2.05) is 34.5 Å². The molecule has 2 aliphatic rings. The maximum absolute atomic E-state index is 13.0. The molecule has 11 nitrogen and oxygen atoms in total. The van der Waals surface area contributed by atoms with E-state index < -0.39 is 29.9 Å². The number of hydrogen-bond donors (Lipinski definition) is 3. The molecule has 5 rings (SSSR count). The Kier molecular flexibility index (Phi) is 6.17. The highest BCUT2D eigenvalue weighted by Crippen LogP contribution is 2.39. The van der Waals surface area contributed by atoms with Crippen LogP contribution in [-0.2, 0) is 25.8 Å². The van der Waals surface area contributed by atoms with Gasteiger partial charge in [-0.25, -0.2) is 9.78 Å². The van der Waals surface area contributed by atoms with Gasteiger partial charge in [0, 0.05) is 22.6 Å². The molecule has 2 amide bonds. The normalized spacial score (nSPS) is 20.0. The maximum Gasteiger partial charge on any atom is 0.353 e. The van der Waals surface area contributed by atoms with E-state index in [0.717, 1.165) is 21.4 Å². The molecule has 4 N–H and O–H groups in total. The Hall–Kier alpha value is -3.49. The molecule has 1 fully saturated rings. The standard InChI is InChI=1S/C21H18N6O5S3/c1-32-25-15(11-8-35-21(22)23-11)18(28)24-16-12-9-34-14(17(20(30)31)27(12)19(16)29)7-26-4-2-10-3-5-33-13(10)6-26/h2-6,8,12,16H,7,9H2,1H3,(H3-,22,23,24,28,30,31)/p+1. The van der Waals surface area contributed by atoms with Gasteiger partial charge in [0.15, 0.2) is 29.8 Å². The number of thiazole rings is 1. The third-order valence-electron chi connectivity index (χ3n) is 5.59. The van der Waals surface area contributed by atoms with Gasteiger partial charge in [-0.15, -0.1) is 34.4 Å². The van der Waals surface area contributed by atoms with E-state index in [4.69, 9.17) is 10.6 Å². The zero-order chi connectivity index (χ0) is 24.7. The number of anilines is 1. The van der Waals surface area contributed by atoms with Crippen LogP contribution in [0.3, 0.4) is 0 Å². The van der Waals surface area contributed by atoms with Gasteiger partial charge in [-0.2, -0.15) is 4.57 Å². The fourth-order valence-electron chi connectivity index (χ4n) is 3.99. The van der Waals surface area contributed by atoms with Gasteiger partial charge < -0.3 is 21.0 Å². The first-order valence-corrected chi connectivity index (χ1v) is 13.0. The first-order chi connectivity index (χ1) is 16.9. The number of carboxylic acid groups (broad SMARTS) is 1. The molecule has 2 atom stereocenters. The topological polar surface area (TPSA) is 151 Å². The van der Waals surface area contributed by atoms with E-state index in [2.05, 4.69) is 15.5 Å². The van der Waals surface area contributed by atoms with Crippen LogP contribution in [0.15, 0.2) is 51.0 Å². The SMILES string of the molecule is CON=C(C(=O)NC1C(=O)N2C(C(=O)O)=C(C[n+]3ccc4ccsc4c3)SCC12)c1csc(N)n1. The minimum atomic E-state index is -1.19. The van der Waals surface area contributed by atoms with Crippen molar-refractivity contribution in [3.63, 3.8) is 0 Å². The van der Waals surface area contributed by atoms with Gasteiger partial charge >= 0.3 is 5.97 Å². The molecular weight excluding hydrogens is 512 g/mol. The minimum absolute atomic E-state index is 0.0569. The average Bonchev–Trinajstić information content (AvgIpc) is 3.48. The summed E-state index contributed by atoms with van der Waals surface area (Å²) in [6, 6.07) is 2.60. The molecule has 3 aromatic heterocycles. The number of oxime groups is 1. The van der Waals surface area contributed by atoms with Crippen LogP contribution in [0.2, 0.25) is 0 Å². The van der Waals surface area contributed by atoms with E-state index >= 15 is 0 Å². The molecule has 0 aliphatic carbocycles. The second kappa shape index (κ2) is 9.28. The molecule has 3 aromatic rings. The van der Waals surface area contributed by atoms with Gasteiger partial charge in [0.1, 0.15) is 24.5 Å². The summed E-state index contributed by atoms with van der Waals surface area (Å²) in [5.41, 5.74) is 5.70. The summed E-state index contributed by atoms with van der Waals surface area (Å²) in [7, 11) is 1.29. The van der Waals surface area contributed by atoms with E-state index in [1.54, 1.807) is 16.7 Å². The summed E-state index contributed by atoms with van der Waals surface area (Å²) in [6.07, 6.45) is 3.85. The zero-order valence-electron chi connectivity index (χ0n) is 18.2. The van der Waals surface area contributed by atoms with E-state index in [-0.39, 0.29) is 22.2 Å². The molecule has 1 saturated heterocycles. The van der Waals surface area contributed by atoms with Crippen molar-refractivity contribution < 1.29 is 28.9 Å². The van der Waals surface area contributed by atoms with E-state index in [0.29, 0.717) is 17.2 Å². The van der Waals surface area contributed by atoms with Gasteiger partial charge in [-0.1, -0.05) is 5.16 Å². The Morgan fingerprint density at radius 2 is 2.23 bits per heavy atom. The number of fused-ring (bicyclic) bond motifs is 2. The van der Waals surface area contributed by atoms with Gasteiger partial charge in [0.05, 0.1) is 15.6 Å². The van der Waals surface area contributed by atoms with Crippen molar-refractivity contribution in [2.75, 3.05) is 18.6 Å². The second-order valence-electron chi connectivity index (χ2n) is 7.67. The fraction of sp³-hybridized carbons (Fsp3) is 0.238. The van der Waals surface area contributed by atoms with Crippen molar-refractivity contribution in [1.82, 2.24) is 15.2 Å². The van der Waals surface area contributed by atoms with Gasteiger partial charge in [0.2, 0.25) is 0 Å². The first-order valence-electron chi connectivity index (χ1n) is 10.3. The number of amides is 2. The number of nitrogens with one attached hydrogen (secondary N) is 1. The number of β-lactam (4-membered cyclic amide) rings is 1. The predicted octanol–water partition coefficient (Wildman–Crippen LogP) is 1.02. The average molecular weight is 532 g/mol. The molecular formula is C21H19N6O5S3+. The number of carbonyl (C=O) groups is 3. The van der Waals surface area contributed by atoms with Crippen LogP contribution in [0.5, 0.6) is 0 Å². The third-order valence-corrected chi connectivity index (χ3v) is 8.31. The van der Waals surface area contributed by atoms with Gasteiger partial charge in [-0.3, -0.25) is 14.5 Å². The molecule has 2 unspecified atom stereocenters. The highest BCUT2D eigenvalue weighted by atomic mass is 32.2. The van der Waals surface area contributed by atoms with Crippen molar-refractivity contribution >= 4 is 73.1 Å². The van der Waals surface area contributed by atoms with Crippen LogP contribution in [0, 0.1) is 0 Å². The quantitative estimate of drug-likeness (QED) is 0.177. The molecule has 0 radical (unpaired) electrons. The van der Waals surface area contributed by atoms with Crippen molar-refractivity contribution in [2.45, 2.75) is 18.6 Å². The molecule has 180 valence electrons.